The number of furan rings is 1. The summed E-state index contributed by atoms with van der Waals surface area (Å²) in [5, 5.41) is 11.6. The summed E-state index contributed by atoms with van der Waals surface area (Å²) in [6.07, 6.45) is 0. The average molecular weight is 264 g/mol. The molecule has 0 bridgehead atoms. The van der Waals surface area contributed by atoms with Gasteiger partial charge in [-0.15, -0.1) is 0 Å². The van der Waals surface area contributed by atoms with E-state index in [0.717, 1.165) is 0 Å². The third kappa shape index (κ3) is 3.71. The van der Waals surface area contributed by atoms with Crippen LogP contribution < -0.4 is 10.1 Å². The van der Waals surface area contributed by atoms with Crippen molar-refractivity contribution < 1.29 is 17.9 Å². The Bertz CT molecular complexity index is 590. The molecule has 0 aliphatic heterocycles. The monoisotopic (exact) mass is 264 g/mol. The van der Waals surface area contributed by atoms with Crippen molar-refractivity contribution >= 4 is 5.69 Å². The van der Waals surface area contributed by atoms with Gasteiger partial charge in [0.25, 0.3) is 0 Å². The van der Waals surface area contributed by atoms with Gasteiger partial charge in [-0.2, -0.15) is 14.0 Å². The molecule has 98 valence electrons. The highest BCUT2D eigenvalue weighted by Crippen LogP contribution is 2.20. The Morgan fingerprint density at radius 1 is 1.32 bits per heavy atom. The van der Waals surface area contributed by atoms with E-state index in [0.29, 0.717) is 18.0 Å². The number of nitrogens with zero attached hydrogens (tertiary/aromatic N) is 1. The minimum Gasteiger partial charge on any atom is -0.449 e. The van der Waals surface area contributed by atoms with E-state index in [1.54, 1.807) is 24.3 Å². The number of nitriles is 1. The number of hydrogen-bond donors (Lipinski definition) is 1. The van der Waals surface area contributed by atoms with Crippen LogP contribution in [-0.4, -0.2) is 6.61 Å². The van der Waals surface area contributed by atoms with Crippen LogP contribution in [0.5, 0.6) is 5.75 Å². The second-order valence-electron chi connectivity index (χ2n) is 3.64. The van der Waals surface area contributed by atoms with Crippen molar-refractivity contribution in [2.45, 2.75) is 13.2 Å². The molecule has 0 saturated carbocycles. The van der Waals surface area contributed by atoms with Gasteiger partial charge in [0.1, 0.15) is 17.6 Å². The molecule has 0 amide bonds. The molecule has 0 saturated heterocycles. The van der Waals surface area contributed by atoms with Crippen molar-refractivity contribution in [3.05, 3.63) is 47.9 Å². The van der Waals surface area contributed by atoms with Crippen molar-refractivity contribution in [3.8, 4) is 11.8 Å². The molecule has 19 heavy (non-hydrogen) atoms. The smallest absolute Gasteiger partial charge is 0.387 e. The van der Waals surface area contributed by atoms with Crippen LogP contribution >= 0.6 is 0 Å². The molecular formula is C13H10F2N2O2. The molecule has 1 aromatic heterocycles. The first kappa shape index (κ1) is 12.9. The number of anilines is 1. The third-order valence-corrected chi connectivity index (χ3v) is 2.30. The Labute approximate surface area is 108 Å². The van der Waals surface area contributed by atoms with Gasteiger partial charge >= 0.3 is 6.61 Å². The molecule has 2 aromatic rings. The van der Waals surface area contributed by atoms with E-state index in [1.165, 1.54) is 12.1 Å². The van der Waals surface area contributed by atoms with Crippen LogP contribution in [0.3, 0.4) is 0 Å². The van der Waals surface area contributed by atoms with Gasteiger partial charge in [0.15, 0.2) is 0 Å². The molecule has 1 heterocycles. The minimum absolute atomic E-state index is 0.0807. The highest BCUT2D eigenvalue weighted by molar-refractivity contribution is 5.48. The zero-order valence-corrected chi connectivity index (χ0v) is 9.77. The highest BCUT2D eigenvalue weighted by Gasteiger charge is 2.05. The van der Waals surface area contributed by atoms with E-state index in [2.05, 4.69) is 10.1 Å². The number of nitrogens with one attached hydrogen (secondary N) is 1. The van der Waals surface area contributed by atoms with Crippen LogP contribution in [0.1, 0.15) is 11.5 Å². The van der Waals surface area contributed by atoms with Gasteiger partial charge in [-0.05, 0) is 24.3 Å². The van der Waals surface area contributed by atoms with Crippen molar-refractivity contribution in [1.82, 2.24) is 0 Å². The fourth-order valence-corrected chi connectivity index (χ4v) is 1.50. The van der Waals surface area contributed by atoms with Gasteiger partial charge < -0.3 is 14.5 Å². The Kier molecular flexibility index (Phi) is 3.98. The summed E-state index contributed by atoms with van der Waals surface area (Å²) >= 11 is 0. The maximum Gasteiger partial charge on any atom is 0.387 e. The van der Waals surface area contributed by atoms with Crippen LogP contribution in [0.25, 0.3) is 0 Å². The Morgan fingerprint density at radius 3 is 2.84 bits per heavy atom. The standard InChI is InChI=1S/C13H10F2N2O2/c14-13(15)19-10-3-1-2-9(6-10)17-8-12-5-4-11(7-16)18-12/h1-6,13,17H,8H2. The van der Waals surface area contributed by atoms with Crippen LogP contribution in [0.15, 0.2) is 40.8 Å². The van der Waals surface area contributed by atoms with E-state index in [1.807, 2.05) is 6.07 Å². The summed E-state index contributed by atoms with van der Waals surface area (Å²) in [5.41, 5.74) is 0.619. The second-order valence-corrected chi connectivity index (χ2v) is 3.64. The van der Waals surface area contributed by atoms with E-state index < -0.39 is 6.61 Å². The first-order valence-corrected chi connectivity index (χ1v) is 5.45. The molecule has 1 N–H and O–H groups in total. The quantitative estimate of drug-likeness (QED) is 0.899. The van der Waals surface area contributed by atoms with Gasteiger partial charge in [0.2, 0.25) is 5.76 Å². The lowest BCUT2D eigenvalue weighted by atomic mass is 10.3. The number of halogens is 2. The average Bonchev–Trinajstić information content (AvgIpc) is 2.84. The maximum atomic E-state index is 12.1. The normalized spacial score (nSPS) is 10.2. The van der Waals surface area contributed by atoms with Crippen LogP contribution in [-0.2, 0) is 6.54 Å². The number of alkyl halides is 2. The lowest BCUT2D eigenvalue weighted by Crippen LogP contribution is -2.03. The molecule has 0 radical (unpaired) electrons. The summed E-state index contributed by atoms with van der Waals surface area (Å²) in [4.78, 5) is 0. The molecule has 2 rings (SSSR count). The van der Waals surface area contributed by atoms with Gasteiger partial charge in [0.05, 0.1) is 6.54 Å². The molecule has 1 aromatic carbocycles. The fourth-order valence-electron chi connectivity index (χ4n) is 1.50. The zero-order chi connectivity index (χ0) is 13.7. The topological polar surface area (TPSA) is 58.2 Å². The number of hydrogen-bond acceptors (Lipinski definition) is 4. The first-order valence-electron chi connectivity index (χ1n) is 5.45. The predicted octanol–water partition coefficient (Wildman–Crippen LogP) is 3.36. The molecule has 6 heteroatoms. The largest absolute Gasteiger partial charge is 0.449 e. The summed E-state index contributed by atoms with van der Waals surface area (Å²) in [5.74, 6) is 0.889. The van der Waals surface area contributed by atoms with Crippen molar-refractivity contribution in [1.29, 1.82) is 5.26 Å². The molecule has 0 unspecified atom stereocenters. The predicted molar refractivity (Wildman–Crippen MR) is 63.8 cm³/mol. The first-order chi connectivity index (χ1) is 9.17. The minimum atomic E-state index is -2.85. The number of ether oxygens (including phenoxy) is 1. The summed E-state index contributed by atoms with van der Waals surface area (Å²) in [6, 6.07) is 11.3. The second kappa shape index (κ2) is 5.87. The molecule has 0 atom stereocenters. The van der Waals surface area contributed by atoms with E-state index in [-0.39, 0.29) is 11.5 Å². The maximum absolute atomic E-state index is 12.1. The van der Waals surface area contributed by atoms with Crippen molar-refractivity contribution in [2.24, 2.45) is 0 Å². The van der Waals surface area contributed by atoms with E-state index in [4.69, 9.17) is 9.68 Å². The summed E-state index contributed by atoms with van der Waals surface area (Å²) in [6.45, 7) is -2.50. The van der Waals surface area contributed by atoms with Gasteiger partial charge in [-0.1, -0.05) is 6.07 Å². The molecule has 0 aliphatic rings. The highest BCUT2D eigenvalue weighted by atomic mass is 19.3. The summed E-state index contributed by atoms with van der Waals surface area (Å²) in [7, 11) is 0. The molecule has 4 nitrogen and oxygen atoms in total. The Hall–Kier alpha value is -2.55. The van der Waals surface area contributed by atoms with E-state index >= 15 is 0 Å². The van der Waals surface area contributed by atoms with Crippen LogP contribution in [0, 0.1) is 11.3 Å². The zero-order valence-electron chi connectivity index (χ0n) is 9.77. The number of rotatable bonds is 5. The molecular weight excluding hydrogens is 254 g/mol. The Balaban J connectivity index is 1.97. The van der Waals surface area contributed by atoms with Gasteiger partial charge in [0, 0.05) is 11.8 Å². The molecule has 0 aliphatic carbocycles. The van der Waals surface area contributed by atoms with Gasteiger partial charge in [-0.3, -0.25) is 0 Å². The lowest BCUT2D eigenvalue weighted by Gasteiger charge is -2.08. The molecule has 0 spiro atoms. The van der Waals surface area contributed by atoms with E-state index in [9.17, 15) is 8.78 Å². The van der Waals surface area contributed by atoms with Crippen LogP contribution in [0.4, 0.5) is 14.5 Å². The van der Waals surface area contributed by atoms with Crippen molar-refractivity contribution in [2.75, 3.05) is 5.32 Å². The summed E-state index contributed by atoms with van der Waals surface area (Å²) < 4.78 is 33.6. The Morgan fingerprint density at radius 2 is 2.16 bits per heavy atom. The van der Waals surface area contributed by atoms with Crippen molar-refractivity contribution in [3.63, 3.8) is 0 Å². The lowest BCUT2D eigenvalue weighted by molar-refractivity contribution is -0.0498. The molecule has 0 fully saturated rings. The number of benzene rings is 1. The fraction of sp³-hybridized carbons (Fsp3) is 0.154. The SMILES string of the molecule is N#Cc1ccc(CNc2cccc(OC(F)F)c2)o1. The van der Waals surface area contributed by atoms with Crippen LogP contribution in [0.2, 0.25) is 0 Å². The van der Waals surface area contributed by atoms with Gasteiger partial charge in [-0.25, -0.2) is 0 Å². The third-order valence-electron chi connectivity index (χ3n) is 2.30.